The Morgan fingerprint density at radius 3 is 2.75 bits per heavy atom. The van der Waals surface area contributed by atoms with Gasteiger partial charge in [-0.1, -0.05) is 11.6 Å². The molecule has 1 atom stereocenters. The number of benzene rings is 1. The number of halogens is 1. The van der Waals surface area contributed by atoms with E-state index in [2.05, 4.69) is 5.32 Å². The van der Waals surface area contributed by atoms with E-state index in [9.17, 15) is 13.2 Å². The van der Waals surface area contributed by atoms with Gasteiger partial charge in [0.1, 0.15) is 10.6 Å². The zero-order valence-electron chi connectivity index (χ0n) is 15.5. The van der Waals surface area contributed by atoms with Gasteiger partial charge in [0.2, 0.25) is 10.0 Å². The van der Waals surface area contributed by atoms with E-state index in [0.29, 0.717) is 23.8 Å². The van der Waals surface area contributed by atoms with Gasteiger partial charge in [-0.05, 0) is 49.1 Å². The second kappa shape index (κ2) is 7.74. The third-order valence-corrected chi connectivity index (χ3v) is 8.45. The third kappa shape index (κ3) is 3.70. The first-order valence-electron chi connectivity index (χ1n) is 9.26. The molecule has 1 N–H and O–H groups in total. The summed E-state index contributed by atoms with van der Waals surface area (Å²) in [6, 6.07) is 7.05. The minimum absolute atomic E-state index is 0.143. The van der Waals surface area contributed by atoms with E-state index in [1.165, 1.54) is 16.6 Å². The van der Waals surface area contributed by atoms with E-state index in [0.717, 1.165) is 35.5 Å². The van der Waals surface area contributed by atoms with Gasteiger partial charge in [-0.3, -0.25) is 4.79 Å². The molecule has 28 heavy (non-hydrogen) atoms. The summed E-state index contributed by atoms with van der Waals surface area (Å²) in [7, 11) is -1.86. The molecule has 0 aliphatic carbocycles. The highest BCUT2D eigenvalue weighted by atomic mass is 35.5. The predicted octanol–water partition coefficient (Wildman–Crippen LogP) is 3.43. The van der Waals surface area contributed by atoms with Crippen molar-refractivity contribution in [2.45, 2.75) is 35.1 Å². The second-order valence-corrected chi connectivity index (χ2v) is 10.6. The summed E-state index contributed by atoms with van der Waals surface area (Å²) in [6.45, 7) is 1.08. The van der Waals surface area contributed by atoms with Gasteiger partial charge in [0.25, 0.3) is 5.91 Å². The molecule has 2 aromatic rings. The molecule has 0 spiro atoms. The monoisotopic (exact) mass is 439 g/mol. The van der Waals surface area contributed by atoms with Gasteiger partial charge in [0.05, 0.1) is 6.04 Å². The lowest BCUT2D eigenvalue weighted by Crippen LogP contribution is -2.31. The molecule has 1 fully saturated rings. The molecule has 0 bridgehead atoms. The number of thioether (sulfide) groups is 1. The molecule has 1 aromatic carbocycles. The van der Waals surface area contributed by atoms with Crippen LogP contribution >= 0.6 is 23.4 Å². The van der Waals surface area contributed by atoms with Crippen LogP contribution in [0.1, 0.15) is 41.4 Å². The van der Waals surface area contributed by atoms with Crippen LogP contribution in [0.25, 0.3) is 0 Å². The molecule has 9 heteroatoms. The van der Waals surface area contributed by atoms with Crippen molar-refractivity contribution in [3.05, 3.63) is 46.7 Å². The Kier molecular flexibility index (Phi) is 5.48. The molecule has 2 aliphatic heterocycles. The number of amides is 1. The van der Waals surface area contributed by atoms with Crippen LogP contribution in [0.4, 0.5) is 0 Å². The Bertz CT molecular complexity index is 1010. The van der Waals surface area contributed by atoms with Gasteiger partial charge in [-0.2, -0.15) is 4.31 Å². The zero-order chi connectivity index (χ0) is 19.9. The lowest BCUT2D eigenvalue weighted by atomic mass is 10.0. The number of nitrogens with zero attached hydrogens (tertiary/aromatic N) is 2. The number of carbonyl (C=O) groups excluding carboxylic acids is 1. The topological polar surface area (TPSA) is 71.4 Å². The molecule has 2 aliphatic rings. The maximum atomic E-state index is 12.9. The van der Waals surface area contributed by atoms with E-state index in [1.54, 1.807) is 23.4 Å². The molecule has 4 rings (SSSR count). The average Bonchev–Trinajstić information content (AvgIpc) is 3.32. The van der Waals surface area contributed by atoms with Crippen molar-refractivity contribution >= 4 is 39.3 Å². The number of hydrogen-bond acceptors (Lipinski definition) is 4. The molecule has 3 heterocycles. The number of fused-ring (bicyclic) bond motifs is 1. The summed E-state index contributed by atoms with van der Waals surface area (Å²) in [6.07, 6.45) is 4.07. The highest BCUT2D eigenvalue weighted by Gasteiger charge is 2.30. The number of aromatic nitrogens is 1. The highest BCUT2D eigenvalue weighted by Crippen LogP contribution is 2.37. The van der Waals surface area contributed by atoms with Crippen LogP contribution < -0.4 is 5.32 Å². The molecule has 1 saturated heterocycles. The first kappa shape index (κ1) is 19.8. The van der Waals surface area contributed by atoms with Crippen molar-refractivity contribution in [3.8, 4) is 0 Å². The number of aryl methyl sites for hydroxylation is 1. The average molecular weight is 440 g/mol. The highest BCUT2D eigenvalue weighted by molar-refractivity contribution is 7.99. The Hall–Kier alpha value is -1.48. The summed E-state index contributed by atoms with van der Waals surface area (Å²) < 4.78 is 28.6. The fraction of sp³-hybridized carbons (Fsp3) is 0.421. The lowest BCUT2D eigenvalue weighted by molar-refractivity contribution is 0.0926. The zero-order valence-corrected chi connectivity index (χ0v) is 17.9. The van der Waals surface area contributed by atoms with Crippen LogP contribution in [0, 0.1) is 0 Å². The van der Waals surface area contributed by atoms with Crippen LogP contribution in [0.3, 0.4) is 0 Å². The van der Waals surface area contributed by atoms with Crippen molar-refractivity contribution in [2.24, 2.45) is 7.05 Å². The first-order chi connectivity index (χ1) is 13.4. The number of hydrogen-bond donors (Lipinski definition) is 1. The fourth-order valence-electron chi connectivity index (χ4n) is 3.73. The molecule has 1 unspecified atom stereocenters. The predicted molar refractivity (Wildman–Crippen MR) is 110 cm³/mol. The van der Waals surface area contributed by atoms with E-state index in [-0.39, 0.29) is 16.8 Å². The van der Waals surface area contributed by atoms with Crippen molar-refractivity contribution in [2.75, 3.05) is 18.8 Å². The Balaban J connectivity index is 1.57. The summed E-state index contributed by atoms with van der Waals surface area (Å²) in [5.74, 6) is 0.620. The first-order valence-corrected chi connectivity index (χ1v) is 12.1. The molecule has 0 radical (unpaired) electrons. The summed E-state index contributed by atoms with van der Waals surface area (Å²) in [5, 5.41) is 3.69. The van der Waals surface area contributed by atoms with Crippen molar-refractivity contribution in [1.82, 2.24) is 14.2 Å². The molecule has 6 nitrogen and oxygen atoms in total. The quantitative estimate of drug-likeness (QED) is 0.792. The van der Waals surface area contributed by atoms with Gasteiger partial charge in [0.15, 0.2) is 0 Å². The Labute approximate surface area is 174 Å². The van der Waals surface area contributed by atoms with E-state index in [1.807, 2.05) is 18.2 Å². The Morgan fingerprint density at radius 2 is 2.00 bits per heavy atom. The van der Waals surface area contributed by atoms with Gasteiger partial charge >= 0.3 is 0 Å². The fourth-order valence-corrected chi connectivity index (χ4v) is 6.60. The van der Waals surface area contributed by atoms with Gasteiger partial charge in [0, 0.05) is 42.0 Å². The Morgan fingerprint density at radius 1 is 1.25 bits per heavy atom. The van der Waals surface area contributed by atoms with Crippen molar-refractivity contribution in [3.63, 3.8) is 0 Å². The summed E-state index contributed by atoms with van der Waals surface area (Å²) in [5.41, 5.74) is 1.34. The smallest absolute Gasteiger partial charge is 0.268 e. The van der Waals surface area contributed by atoms with E-state index >= 15 is 0 Å². The normalized spacial score (nSPS) is 20.1. The van der Waals surface area contributed by atoms with Crippen molar-refractivity contribution < 1.29 is 13.2 Å². The van der Waals surface area contributed by atoms with Crippen LogP contribution in [0.15, 0.2) is 40.3 Å². The van der Waals surface area contributed by atoms with Gasteiger partial charge in [-0.25, -0.2) is 8.42 Å². The summed E-state index contributed by atoms with van der Waals surface area (Å²) >= 11 is 7.89. The largest absolute Gasteiger partial charge is 0.345 e. The van der Waals surface area contributed by atoms with Crippen LogP contribution in [-0.2, 0) is 17.1 Å². The van der Waals surface area contributed by atoms with Crippen LogP contribution in [0.2, 0.25) is 5.02 Å². The standard InChI is InChI=1S/C19H22ClN3O3S2/c1-22-12-14(28(25,26)23-7-2-3-8-23)11-17(22)19(24)21-16-6-9-27-18-5-4-13(20)10-15(16)18/h4-5,10-12,16H,2-3,6-9H2,1H3,(H,21,24). The van der Waals surface area contributed by atoms with Crippen LogP contribution in [-0.4, -0.2) is 42.0 Å². The minimum Gasteiger partial charge on any atom is -0.345 e. The second-order valence-electron chi connectivity index (χ2n) is 7.13. The molecular weight excluding hydrogens is 418 g/mol. The number of rotatable bonds is 4. The number of sulfonamides is 1. The lowest BCUT2D eigenvalue weighted by Gasteiger charge is -2.26. The minimum atomic E-state index is -3.55. The molecule has 0 saturated carbocycles. The molecule has 1 amide bonds. The number of nitrogens with one attached hydrogen (secondary N) is 1. The van der Waals surface area contributed by atoms with Gasteiger partial charge in [-0.15, -0.1) is 11.8 Å². The number of carbonyl (C=O) groups is 1. The third-order valence-electron chi connectivity index (χ3n) is 5.23. The maximum absolute atomic E-state index is 12.9. The van der Waals surface area contributed by atoms with Gasteiger partial charge < -0.3 is 9.88 Å². The van der Waals surface area contributed by atoms with E-state index < -0.39 is 10.0 Å². The molecular formula is C19H22ClN3O3S2. The SMILES string of the molecule is Cn1cc(S(=O)(=O)N2CCCC2)cc1C(=O)NC1CCSc2ccc(Cl)cc21. The van der Waals surface area contributed by atoms with E-state index in [4.69, 9.17) is 11.6 Å². The maximum Gasteiger partial charge on any atom is 0.268 e. The molecule has 150 valence electrons. The summed E-state index contributed by atoms with van der Waals surface area (Å²) in [4.78, 5) is 14.2. The van der Waals surface area contributed by atoms with Crippen molar-refractivity contribution in [1.29, 1.82) is 0 Å². The van der Waals surface area contributed by atoms with Crippen LogP contribution in [0.5, 0.6) is 0 Å². The molecule has 1 aromatic heterocycles.